The van der Waals surface area contributed by atoms with E-state index >= 15 is 0 Å². The Kier molecular flexibility index (Phi) is 9.66. The van der Waals surface area contributed by atoms with E-state index in [0.717, 1.165) is 44.2 Å². The van der Waals surface area contributed by atoms with Gasteiger partial charge in [-0.2, -0.15) is 35.9 Å². The van der Waals surface area contributed by atoms with Crippen LogP contribution in [0.2, 0.25) is 0 Å². The number of nitrogens with zero attached hydrogens (tertiary/aromatic N) is 1. The first-order valence-electron chi connectivity index (χ1n) is 13.1. The maximum atomic E-state index is 12.6. The van der Waals surface area contributed by atoms with Gasteiger partial charge >= 0.3 is 0 Å². The van der Waals surface area contributed by atoms with Crippen molar-refractivity contribution in [3.05, 3.63) is 55.0 Å². The summed E-state index contributed by atoms with van der Waals surface area (Å²) in [5.74, 6) is 0.0239. The van der Waals surface area contributed by atoms with Gasteiger partial charge in [0.25, 0.3) is 0 Å². The Hall–Kier alpha value is -0.916. The van der Waals surface area contributed by atoms with Crippen LogP contribution in [0.3, 0.4) is 0 Å². The Balaban J connectivity index is 0.00000190. The van der Waals surface area contributed by atoms with E-state index in [1.165, 1.54) is 11.1 Å². The van der Waals surface area contributed by atoms with Crippen LogP contribution in [0.5, 0.6) is 0 Å². The van der Waals surface area contributed by atoms with Crippen LogP contribution in [-0.4, -0.2) is 51.7 Å². The minimum absolute atomic E-state index is 0. The van der Waals surface area contributed by atoms with Crippen molar-refractivity contribution in [3.8, 4) is 0 Å². The van der Waals surface area contributed by atoms with Crippen LogP contribution in [0.1, 0.15) is 64.4 Å². The van der Waals surface area contributed by atoms with E-state index in [1.54, 1.807) is 0 Å². The number of hydrogen-bond acceptors (Lipinski definition) is 6. The zero-order chi connectivity index (χ0) is 24.8. The summed E-state index contributed by atoms with van der Waals surface area (Å²) in [6.45, 7) is 4.12. The first-order valence-corrected chi connectivity index (χ1v) is 13.1. The van der Waals surface area contributed by atoms with Crippen molar-refractivity contribution in [1.29, 1.82) is 0 Å². The zero-order valence-corrected chi connectivity index (χ0v) is 25.3. The molecule has 0 amide bonds. The summed E-state index contributed by atoms with van der Waals surface area (Å²) in [4.78, 5) is 18.2. The molecule has 5 rings (SSSR count). The van der Waals surface area contributed by atoms with Crippen molar-refractivity contribution >= 4 is 11.5 Å². The van der Waals surface area contributed by atoms with Crippen LogP contribution >= 0.6 is 0 Å². The maximum Gasteiger partial charge on any atom is 0.190 e. The molecule has 1 radical (unpaired) electrons. The maximum absolute atomic E-state index is 12.6. The van der Waals surface area contributed by atoms with Gasteiger partial charge in [-0.05, 0) is 80.6 Å². The van der Waals surface area contributed by atoms with Crippen LogP contribution in [0, 0.1) is 42.1 Å². The molecule has 0 saturated heterocycles. The molecule has 0 aromatic heterocycles. The molecule has 0 heterocycles. The average Bonchev–Trinajstić information content (AvgIpc) is 3.12. The number of aliphatic hydroxyl groups is 3. The zero-order valence-electron chi connectivity index (χ0n) is 22.4. The smallest absolute Gasteiger partial charge is 0.190 e. The van der Waals surface area contributed by atoms with Crippen LogP contribution in [0.15, 0.2) is 41.1 Å². The number of allylic oxidation sites excluding steroid dienone is 2. The molecule has 7 atom stereocenters. The van der Waals surface area contributed by atoms with E-state index in [2.05, 4.69) is 30.3 Å². The quantitative estimate of drug-likeness (QED) is 0.266. The number of fused-ring (bicyclic) bond motifs is 5. The van der Waals surface area contributed by atoms with Crippen molar-refractivity contribution in [1.82, 2.24) is 0 Å². The Morgan fingerprint density at radius 1 is 1.24 bits per heavy atom. The van der Waals surface area contributed by atoms with Crippen molar-refractivity contribution < 1.29 is 57.7 Å². The summed E-state index contributed by atoms with van der Waals surface area (Å²) in [6.07, 6.45) is 7.52. The number of carbonyl (C=O) groups excluding carboxylic acids is 1. The van der Waals surface area contributed by atoms with Gasteiger partial charge in [-0.1, -0.05) is 24.6 Å². The van der Waals surface area contributed by atoms with Crippen molar-refractivity contribution in [2.45, 2.75) is 76.9 Å². The molecule has 37 heavy (non-hydrogen) atoms. The van der Waals surface area contributed by atoms with E-state index < -0.39 is 29.5 Å². The summed E-state index contributed by atoms with van der Waals surface area (Å²) in [5, 5.41) is 36.8. The standard InChI is InChI=1S/C29H38NO5.CH3.Y/c1-27-13-10-21(30-35-15-12-19-6-4-3-5-7-19)16-20(27)8-9-22-23-11-14-29(34,25(33)18-31)28(23,2)17-24(32)26(22)27;;/h3-4,6-7,16,22-24,26,31-32,34H,8-15,17-18H2,1-2H3;1H3;/q2*-1;/b30-21+;;/t22-,23-,24-,26+,27-,28-,29-;;/m0../s1. The third-order valence-electron chi connectivity index (χ3n) is 10.1. The van der Waals surface area contributed by atoms with Gasteiger partial charge in [-0.15, -0.1) is 0 Å². The Labute approximate surface area is 246 Å². The van der Waals surface area contributed by atoms with Gasteiger partial charge in [-0.3, -0.25) is 4.79 Å². The molecule has 7 heteroatoms. The van der Waals surface area contributed by atoms with Crippen molar-refractivity contribution in [3.63, 3.8) is 0 Å². The molecular formula is C30H41NO5Y-2. The number of hydrogen-bond donors (Lipinski definition) is 3. The van der Waals surface area contributed by atoms with E-state index in [-0.39, 0.29) is 63.3 Å². The van der Waals surface area contributed by atoms with Gasteiger partial charge < -0.3 is 27.6 Å². The fraction of sp³-hybridized carbons (Fsp3) is 0.633. The minimum Gasteiger partial charge on any atom is -0.396 e. The Bertz CT molecular complexity index is 1030. The Morgan fingerprint density at radius 2 is 2.03 bits per heavy atom. The number of aliphatic hydroxyl groups excluding tert-OH is 2. The summed E-state index contributed by atoms with van der Waals surface area (Å²) < 4.78 is 0. The third-order valence-corrected chi connectivity index (χ3v) is 10.1. The molecule has 0 spiro atoms. The summed E-state index contributed by atoms with van der Waals surface area (Å²) in [5.41, 5.74) is 1.12. The molecule has 6 nitrogen and oxygen atoms in total. The molecule has 3 saturated carbocycles. The van der Waals surface area contributed by atoms with Gasteiger partial charge in [0, 0.05) is 38.1 Å². The number of carbonyl (C=O) groups is 1. The first kappa shape index (κ1) is 30.6. The number of rotatable bonds is 6. The SMILES string of the molecule is C[C@]12CC/C(=N\OCCc3c[c-]ccc3)C=C1CC[C@@H]1[C@@H]2[C@@H](O)C[C@@]2(C)[C@H]1CC[C@]2(O)C(=O)CO.[CH3-].[Y]. The monoisotopic (exact) mass is 584 g/mol. The molecule has 3 fully saturated rings. The fourth-order valence-electron chi connectivity index (χ4n) is 8.24. The predicted octanol–water partition coefficient (Wildman–Crippen LogP) is 4.08. The van der Waals surface area contributed by atoms with Crippen LogP contribution < -0.4 is 0 Å². The van der Waals surface area contributed by atoms with Crippen molar-refractivity contribution in [2.75, 3.05) is 13.2 Å². The molecule has 201 valence electrons. The van der Waals surface area contributed by atoms with Crippen LogP contribution in [-0.2, 0) is 48.8 Å². The summed E-state index contributed by atoms with van der Waals surface area (Å²) >= 11 is 0. The summed E-state index contributed by atoms with van der Waals surface area (Å²) in [7, 11) is 0. The molecule has 0 bridgehead atoms. The molecule has 4 aliphatic carbocycles. The second-order valence-electron chi connectivity index (χ2n) is 11.7. The van der Waals surface area contributed by atoms with Gasteiger partial charge in [-0.25, -0.2) is 0 Å². The normalized spacial score (nSPS) is 39.3. The third kappa shape index (κ3) is 5.06. The molecule has 1 aromatic carbocycles. The molecule has 0 unspecified atom stereocenters. The molecule has 1 aromatic rings. The van der Waals surface area contributed by atoms with Gasteiger partial charge in [0.2, 0.25) is 0 Å². The van der Waals surface area contributed by atoms with Gasteiger partial charge in [0.15, 0.2) is 5.78 Å². The van der Waals surface area contributed by atoms with E-state index in [9.17, 15) is 20.1 Å². The predicted molar refractivity (Wildman–Crippen MR) is 139 cm³/mol. The average molecular weight is 585 g/mol. The second-order valence-corrected chi connectivity index (χ2v) is 11.7. The topological polar surface area (TPSA) is 99.4 Å². The largest absolute Gasteiger partial charge is 0.396 e. The summed E-state index contributed by atoms with van der Waals surface area (Å²) in [6, 6.07) is 11.0. The molecule has 3 N–H and O–H groups in total. The van der Waals surface area contributed by atoms with Crippen LogP contribution in [0.4, 0.5) is 0 Å². The van der Waals surface area contributed by atoms with E-state index in [0.29, 0.717) is 19.4 Å². The van der Waals surface area contributed by atoms with Gasteiger partial charge in [0.1, 0.15) is 18.8 Å². The van der Waals surface area contributed by atoms with Crippen LogP contribution in [0.25, 0.3) is 0 Å². The fourth-order valence-corrected chi connectivity index (χ4v) is 8.24. The number of benzene rings is 1. The first-order chi connectivity index (χ1) is 16.7. The molecule has 0 aliphatic heterocycles. The molecule has 4 aliphatic rings. The van der Waals surface area contributed by atoms with E-state index in [1.807, 2.05) is 25.1 Å². The minimum atomic E-state index is -1.54. The number of oxime groups is 1. The van der Waals surface area contributed by atoms with Gasteiger partial charge in [0.05, 0.1) is 11.8 Å². The molecular weight excluding hydrogens is 543 g/mol. The number of ketones is 1. The van der Waals surface area contributed by atoms with E-state index in [4.69, 9.17) is 4.84 Å². The Morgan fingerprint density at radius 3 is 2.73 bits per heavy atom. The number of Topliss-reactive ketones (excluding diaryl/α,β-unsaturated/α-hetero) is 1. The van der Waals surface area contributed by atoms with Crippen molar-refractivity contribution in [2.24, 2.45) is 33.7 Å². The second kappa shape index (κ2) is 11.7.